The third-order valence-corrected chi connectivity index (χ3v) is 3.83. The summed E-state index contributed by atoms with van der Waals surface area (Å²) in [7, 11) is 1.47. The Labute approximate surface area is 131 Å². The van der Waals surface area contributed by atoms with Crippen molar-refractivity contribution >= 4 is 23.1 Å². The third-order valence-electron chi connectivity index (χ3n) is 2.78. The van der Waals surface area contributed by atoms with Crippen molar-refractivity contribution in [2.45, 2.75) is 9.79 Å². The number of nitro groups is 1. The lowest BCUT2D eigenvalue weighted by Gasteiger charge is -2.12. The molecule has 0 bridgehead atoms. The second-order valence-corrected chi connectivity index (χ2v) is 5.33. The summed E-state index contributed by atoms with van der Waals surface area (Å²) in [5.74, 6) is 0.420. The maximum Gasteiger partial charge on any atom is 0.296 e. The normalized spacial score (nSPS) is 10.3. The molecule has 116 valence electrons. The van der Waals surface area contributed by atoms with Gasteiger partial charge in [-0.15, -0.1) is 0 Å². The number of benzene rings is 1. The number of nitrogens with one attached hydrogen (secondary N) is 1. The van der Waals surface area contributed by atoms with Crippen LogP contribution in [0.25, 0.3) is 0 Å². The van der Waals surface area contributed by atoms with Crippen LogP contribution in [0.15, 0.2) is 46.5 Å². The van der Waals surface area contributed by atoms with E-state index in [0.717, 1.165) is 9.79 Å². The average molecular weight is 321 g/mol. The van der Waals surface area contributed by atoms with Gasteiger partial charge in [0.15, 0.2) is 0 Å². The van der Waals surface area contributed by atoms with E-state index in [1.165, 1.54) is 24.9 Å². The van der Waals surface area contributed by atoms with Gasteiger partial charge in [-0.25, -0.2) is 0 Å². The number of rotatable bonds is 7. The summed E-state index contributed by atoms with van der Waals surface area (Å²) in [6.45, 7) is 0.114. The fraction of sp³-hybridized carbons (Fsp3) is 0.214. The van der Waals surface area contributed by atoms with Crippen molar-refractivity contribution in [1.29, 1.82) is 0 Å². The molecule has 0 spiro atoms. The molecule has 1 aromatic carbocycles. The molecule has 22 heavy (non-hydrogen) atoms. The average Bonchev–Trinajstić information content (AvgIpc) is 2.53. The Hall–Kier alpha value is -2.32. The van der Waals surface area contributed by atoms with E-state index in [4.69, 9.17) is 9.84 Å². The summed E-state index contributed by atoms with van der Waals surface area (Å²) >= 11 is 1.42. The van der Waals surface area contributed by atoms with Gasteiger partial charge >= 0.3 is 0 Å². The van der Waals surface area contributed by atoms with Crippen LogP contribution >= 0.6 is 11.8 Å². The molecule has 0 amide bonds. The number of pyridine rings is 1. The molecule has 0 aliphatic heterocycles. The molecular weight excluding hydrogens is 306 g/mol. The number of hydrogen-bond donors (Lipinski definition) is 2. The van der Waals surface area contributed by atoms with E-state index < -0.39 is 4.92 Å². The molecule has 0 aliphatic carbocycles. The van der Waals surface area contributed by atoms with Gasteiger partial charge in [-0.3, -0.25) is 15.1 Å². The SMILES string of the molecule is COc1cc([N+](=O)[O-])c(NCCO)cc1Sc1ccncc1. The Bertz CT molecular complexity index is 652. The standard InChI is InChI=1S/C14H15N3O4S/c1-21-13-9-12(17(19)20)11(16-6-7-18)8-14(13)22-10-2-4-15-5-3-10/h2-5,8-9,16,18H,6-7H2,1H3. The number of aliphatic hydroxyl groups excluding tert-OH is 1. The van der Waals surface area contributed by atoms with Crippen molar-refractivity contribution < 1.29 is 14.8 Å². The first-order valence-corrected chi connectivity index (χ1v) is 7.26. The molecule has 1 aromatic heterocycles. The molecule has 2 aromatic rings. The number of aromatic nitrogens is 1. The smallest absolute Gasteiger partial charge is 0.296 e. The number of ether oxygens (including phenoxy) is 1. The first-order valence-electron chi connectivity index (χ1n) is 6.44. The summed E-state index contributed by atoms with van der Waals surface area (Å²) < 4.78 is 5.25. The summed E-state index contributed by atoms with van der Waals surface area (Å²) in [6.07, 6.45) is 3.34. The summed E-state index contributed by atoms with van der Waals surface area (Å²) in [4.78, 5) is 16.3. The predicted octanol–water partition coefficient (Wildman–Crippen LogP) is 2.55. The summed E-state index contributed by atoms with van der Waals surface area (Å²) in [5, 5.41) is 22.9. The van der Waals surface area contributed by atoms with Crippen LogP contribution in [0.5, 0.6) is 5.75 Å². The molecule has 0 saturated carbocycles. The number of hydrogen-bond acceptors (Lipinski definition) is 7. The van der Waals surface area contributed by atoms with Crippen molar-refractivity contribution in [3.63, 3.8) is 0 Å². The second kappa shape index (κ2) is 7.62. The molecule has 0 unspecified atom stereocenters. The van der Waals surface area contributed by atoms with Gasteiger partial charge in [0.2, 0.25) is 0 Å². The van der Waals surface area contributed by atoms with E-state index in [0.29, 0.717) is 11.4 Å². The van der Waals surface area contributed by atoms with Gasteiger partial charge in [-0.1, -0.05) is 11.8 Å². The molecule has 0 radical (unpaired) electrons. The molecule has 2 rings (SSSR count). The minimum Gasteiger partial charge on any atom is -0.495 e. The fourth-order valence-electron chi connectivity index (χ4n) is 1.80. The molecule has 0 fully saturated rings. The molecule has 2 N–H and O–H groups in total. The maximum atomic E-state index is 11.2. The van der Waals surface area contributed by atoms with Crippen LogP contribution < -0.4 is 10.1 Å². The fourth-order valence-corrected chi connectivity index (χ4v) is 2.74. The zero-order valence-electron chi connectivity index (χ0n) is 11.9. The van der Waals surface area contributed by atoms with Gasteiger partial charge < -0.3 is 15.2 Å². The molecule has 8 heteroatoms. The molecule has 0 saturated heterocycles. The Kier molecular flexibility index (Phi) is 5.56. The van der Waals surface area contributed by atoms with Gasteiger partial charge in [-0.05, 0) is 18.2 Å². The van der Waals surface area contributed by atoms with Gasteiger partial charge in [-0.2, -0.15) is 0 Å². The molecule has 0 atom stereocenters. The van der Waals surface area contributed by atoms with E-state index in [9.17, 15) is 10.1 Å². The lowest BCUT2D eigenvalue weighted by atomic mass is 10.2. The number of aliphatic hydroxyl groups is 1. The highest BCUT2D eigenvalue weighted by atomic mass is 32.2. The minimum atomic E-state index is -0.483. The van der Waals surface area contributed by atoms with Crippen molar-refractivity contribution in [2.75, 3.05) is 25.6 Å². The first-order chi connectivity index (χ1) is 10.7. The number of anilines is 1. The Morgan fingerprint density at radius 1 is 1.41 bits per heavy atom. The predicted molar refractivity (Wildman–Crippen MR) is 83.6 cm³/mol. The Morgan fingerprint density at radius 3 is 2.73 bits per heavy atom. The van der Waals surface area contributed by atoms with Crippen LogP contribution in [0.4, 0.5) is 11.4 Å². The summed E-state index contributed by atoms with van der Waals surface area (Å²) in [6, 6.07) is 6.71. The number of methoxy groups -OCH3 is 1. The number of nitrogens with zero attached hydrogens (tertiary/aromatic N) is 2. The van der Waals surface area contributed by atoms with Crippen LogP contribution in [0.1, 0.15) is 0 Å². The highest BCUT2D eigenvalue weighted by Gasteiger charge is 2.19. The Balaban J connectivity index is 2.41. The van der Waals surface area contributed by atoms with Crippen molar-refractivity contribution in [1.82, 2.24) is 4.98 Å². The monoisotopic (exact) mass is 321 g/mol. The van der Waals surface area contributed by atoms with Crippen LogP contribution in [-0.2, 0) is 0 Å². The van der Waals surface area contributed by atoms with Gasteiger partial charge in [0.25, 0.3) is 5.69 Å². The van der Waals surface area contributed by atoms with Crippen molar-refractivity contribution in [3.05, 3.63) is 46.8 Å². The molecule has 7 nitrogen and oxygen atoms in total. The van der Waals surface area contributed by atoms with Gasteiger partial charge in [0.1, 0.15) is 11.4 Å². The van der Waals surface area contributed by atoms with E-state index in [1.54, 1.807) is 18.5 Å². The molecule has 0 aliphatic rings. The zero-order chi connectivity index (χ0) is 15.9. The van der Waals surface area contributed by atoms with E-state index in [-0.39, 0.29) is 18.8 Å². The highest BCUT2D eigenvalue weighted by molar-refractivity contribution is 7.99. The van der Waals surface area contributed by atoms with Crippen LogP contribution in [0.3, 0.4) is 0 Å². The highest BCUT2D eigenvalue weighted by Crippen LogP contribution is 2.40. The second-order valence-electron chi connectivity index (χ2n) is 4.21. The van der Waals surface area contributed by atoms with E-state index in [1.807, 2.05) is 12.1 Å². The van der Waals surface area contributed by atoms with E-state index in [2.05, 4.69) is 10.3 Å². The lowest BCUT2D eigenvalue weighted by Crippen LogP contribution is -2.08. The van der Waals surface area contributed by atoms with Crippen molar-refractivity contribution in [3.8, 4) is 5.75 Å². The first kappa shape index (κ1) is 16.1. The third kappa shape index (κ3) is 3.86. The zero-order valence-corrected chi connectivity index (χ0v) is 12.7. The Morgan fingerprint density at radius 2 is 2.14 bits per heavy atom. The topological polar surface area (TPSA) is 97.5 Å². The summed E-state index contributed by atoms with van der Waals surface area (Å²) in [5.41, 5.74) is 0.251. The van der Waals surface area contributed by atoms with Crippen LogP contribution in [0.2, 0.25) is 0 Å². The maximum absolute atomic E-state index is 11.2. The van der Waals surface area contributed by atoms with Crippen molar-refractivity contribution in [2.24, 2.45) is 0 Å². The molecular formula is C14H15N3O4S. The van der Waals surface area contributed by atoms with E-state index >= 15 is 0 Å². The van der Waals surface area contributed by atoms with Crippen LogP contribution in [0, 0.1) is 10.1 Å². The quantitative estimate of drug-likeness (QED) is 0.597. The number of nitro benzene ring substituents is 1. The minimum absolute atomic E-state index is 0.0932. The van der Waals surface area contributed by atoms with Crippen LogP contribution in [-0.4, -0.2) is 35.3 Å². The lowest BCUT2D eigenvalue weighted by molar-refractivity contribution is -0.384. The van der Waals surface area contributed by atoms with Gasteiger partial charge in [0, 0.05) is 23.8 Å². The van der Waals surface area contributed by atoms with Gasteiger partial charge in [0.05, 0.1) is 29.6 Å². The molecule has 1 heterocycles. The largest absolute Gasteiger partial charge is 0.495 e.